The van der Waals surface area contributed by atoms with Crippen molar-refractivity contribution >= 4 is 17.4 Å². The van der Waals surface area contributed by atoms with Gasteiger partial charge in [0.05, 0.1) is 11.7 Å². The number of hydrogen-bond acceptors (Lipinski definition) is 2. The van der Waals surface area contributed by atoms with Crippen LogP contribution in [-0.2, 0) is 6.42 Å². The molecule has 4 heteroatoms. The maximum Gasteiger partial charge on any atom is 0.141 e. The molecule has 0 saturated carbocycles. The highest BCUT2D eigenvalue weighted by Gasteiger charge is 2.26. The van der Waals surface area contributed by atoms with Crippen molar-refractivity contribution in [3.8, 4) is 0 Å². The molecule has 2 aromatic rings. The molecule has 0 fully saturated rings. The Hall–Kier alpha value is -1.48. The molecule has 0 aliphatic heterocycles. The smallest absolute Gasteiger partial charge is 0.141 e. The van der Waals surface area contributed by atoms with E-state index >= 15 is 0 Å². The predicted octanol–water partition coefficient (Wildman–Crippen LogP) is 2.96. The van der Waals surface area contributed by atoms with Crippen LogP contribution >= 0.6 is 11.6 Å². The fourth-order valence-electron chi connectivity index (χ4n) is 2.57. The third kappa shape index (κ3) is 1.53. The number of nitrogen functional groups attached to an aromatic ring is 1. The van der Waals surface area contributed by atoms with Crippen LogP contribution in [0.1, 0.15) is 29.3 Å². The van der Waals surface area contributed by atoms with Crippen molar-refractivity contribution in [1.82, 2.24) is 9.78 Å². The first-order valence-electron chi connectivity index (χ1n) is 5.76. The van der Waals surface area contributed by atoms with Crippen LogP contribution in [0.4, 0.5) is 5.82 Å². The van der Waals surface area contributed by atoms with E-state index in [2.05, 4.69) is 29.4 Å². The maximum atomic E-state index is 6.10. The van der Waals surface area contributed by atoms with Gasteiger partial charge in [0.25, 0.3) is 0 Å². The molecule has 3 nitrogen and oxygen atoms in total. The standard InChI is InChI=1S/C13H14ClN3/c1-8-12(14)13(15)17(16-8)11-7-6-9-4-2-3-5-10(9)11/h2-5,11H,6-7,15H2,1H3. The molecule has 1 heterocycles. The number of nitrogens with two attached hydrogens (primary N) is 1. The second-order valence-corrected chi connectivity index (χ2v) is 4.86. The first-order chi connectivity index (χ1) is 8.18. The molecule has 1 aromatic carbocycles. The van der Waals surface area contributed by atoms with Gasteiger partial charge in [-0.2, -0.15) is 5.10 Å². The molecule has 3 rings (SSSR count). The van der Waals surface area contributed by atoms with Gasteiger partial charge in [-0.05, 0) is 30.9 Å². The molecule has 1 aliphatic rings. The second-order valence-electron chi connectivity index (χ2n) is 4.48. The molecule has 0 bridgehead atoms. The lowest BCUT2D eigenvalue weighted by Crippen LogP contribution is -2.12. The Labute approximate surface area is 105 Å². The molecular weight excluding hydrogens is 234 g/mol. The zero-order valence-corrected chi connectivity index (χ0v) is 10.4. The quantitative estimate of drug-likeness (QED) is 0.842. The molecule has 0 spiro atoms. The fourth-order valence-corrected chi connectivity index (χ4v) is 2.70. The van der Waals surface area contributed by atoms with E-state index in [4.69, 9.17) is 17.3 Å². The van der Waals surface area contributed by atoms with Crippen molar-refractivity contribution < 1.29 is 0 Å². The second kappa shape index (κ2) is 3.77. The average molecular weight is 248 g/mol. The topological polar surface area (TPSA) is 43.8 Å². The van der Waals surface area contributed by atoms with Crippen molar-refractivity contribution in [3.63, 3.8) is 0 Å². The van der Waals surface area contributed by atoms with Gasteiger partial charge >= 0.3 is 0 Å². The normalized spacial score (nSPS) is 18.4. The number of aryl methyl sites for hydroxylation is 2. The van der Waals surface area contributed by atoms with Crippen LogP contribution in [0.25, 0.3) is 0 Å². The predicted molar refractivity (Wildman–Crippen MR) is 69.3 cm³/mol. The van der Waals surface area contributed by atoms with Gasteiger partial charge < -0.3 is 5.73 Å². The molecule has 1 aliphatic carbocycles. The number of nitrogens with zero attached hydrogens (tertiary/aromatic N) is 2. The van der Waals surface area contributed by atoms with Crippen LogP contribution in [0.15, 0.2) is 24.3 Å². The summed E-state index contributed by atoms with van der Waals surface area (Å²) >= 11 is 6.10. The lowest BCUT2D eigenvalue weighted by atomic mass is 10.1. The number of hydrogen-bond donors (Lipinski definition) is 1. The number of halogens is 1. The molecule has 1 atom stereocenters. The molecular formula is C13H14ClN3. The van der Waals surface area contributed by atoms with Crippen molar-refractivity contribution in [3.05, 3.63) is 46.1 Å². The summed E-state index contributed by atoms with van der Waals surface area (Å²) in [5, 5.41) is 5.03. The zero-order valence-electron chi connectivity index (χ0n) is 9.65. The highest BCUT2D eigenvalue weighted by Crippen LogP contribution is 2.37. The minimum atomic E-state index is 0.234. The van der Waals surface area contributed by atoms with Gasteiger partial charge in [0.1, 0.15) is 10.8 Å². The largest absolute Gasteiger partial charge is 0.383 e. The van der Waals surface area contributed by atoms with Crippen LogP contribution in [0.2, 0.25) is 5.02 Å². The van der Waals surface area contributed by atoms with Gasteiger partial charge in [-0.25, -0.2) is 4.68 Å². The highest BCUT2D eigenvalue weighted by molar-refractivity contribution is 6.33. The summed E-state index contributed by atoms with van der Waals surface area (Å²) in [6, 6.07) is 8.69. The van der Waals surface area contributed by atoms with E-state index in [9.17, 15) is 0 Å². The van der Waals surface area contributed by atoms with Gasteiger partial charge in [-0.15, -0.1) is 0 Å². The molecule has 0 amide bonds. The Morgan fingerprint density at radius 2 is 2.18 bits per heavy atom. The van der Waals surface area contributed by atoms with Gasteiger partial charge in [0.15, 0.2) is 0 Å². The Balaban J connectivity index is 2.10. The maximum absolute atomic E-state index is 6.10. The summed E-state index contributed by atoms with van der Waals surface area (Å²) in [4.78, 5) is 0. The molecule has 0 saturated heterocycles. The Bertz CT molecular complexity index is 574. The van der Waals surface area contributed by atoms with Crippen molar-refractivity contribution in [2.45, 2.75) is 25.8 Å². The summed E-state index contributed by atoms with van der Waals surface area (Å²) in [7, 11) is 0. The lowest BCUT2D eigenvalue weighted by molar-refractivity contribution is 0.525. The molecule has 2 N–H and O–H groups in total. The number of rotatable bonds is 1. The molecule has 0 radical (unpaired) electrons. The van der Waals surface area contributed by atoms with Gasteiger partial charge in [0, 0.05) is 0 Å². The SMILES string of the molecule is Cc1nn(C2CCc3ccccc32)c(N)c1Cl. The van der Waals surface area contributed by atoms with E-state index in [1.165, 1.54) is 11.1 Å². The van der Waals surface area contributed by atoms with Crippen LogP contribution < -0.4 is 5.73 Å². The van der Waals surface area contributed by atoms with Gasteiger partial charge in [0.2, 0.25) is 0 Å². The van der Waals surface area contributed by atoms with Crippen LogP contribution in [-0.4, -0.2) is 9.78 Å². The first-order valence-corrected chi connectivity index (χ1v) is 6.14. The van der Waals surface area contributed by atoms with E-state index in [0.29, 0.717) is 10.8 Å². The number of anilines is 1. The van der Waals surface area contributed by atoms with Crippen LogP contribution in [0, 0.1) is 6.92 Å². The van der Waals surface area contributed by atoms with Gasteiger partial charge in [-0.1, -0.05) is 35.9 Å². The summed E-state index contributed by atoms with van der Waals surface area (Å²) in [6.45, 7) is 1.88. The highest BCUT2D eigenvalue weighted by atomic mass is 35.5. The number of aromatic nitrogens is 2. The van der Waals surface area contributed by atoms with E-state index in [1.807, 2.05) is 11.6 Å². The third-order valence-electron chi connectivity index (χ3n) is 3.44. The number of benzene rings is 1. The Kier molecular flexibility index (Phi) is 2.37. The summed E-state index contributed by atoms with van der Waals surface area (Å²) in [6.07, 6.45) is 2.12. The Morgan fingerprint density at radius 1 is 1.41 bits per heavy atom. The van der Waals surface area contributed by atoms with Crippen molar-refractivity contribution in [2.75, 3.05) is 5.73 Å². The number of fused-ring (bicyclic) bond motifs is 1. The van der Waals surface area contributed by atoms with E-state index in [-0.39, 0.29) is 6.04 Å². The van der Waals surface area contributed by atoms with Gasteiger partial charge in [-0.3, -0.25) is 0 Å². The molecule has 1 aromatic heterocycles. The minimum Gasteiger partial charge on any atom is -0.383 e. The fraction of sp³-hybridized carbons (Fsp3) is 0.308. The summed E-state index contributed by atoms with van der Waals surface area (Å²) in [5.41, 5.74) is 9.52. The van der Waals surface area contributed by atoms with Crippen molar-refractivity contribution in [2.24, 2.45) is 0 Å². The van der Waals surface area contributed by atoms with E-state index < -0.39 is 0 Å². The average Bonchev–Trinajstić information content (AvgIpc) is 2.86. The van der Waals surface area contributed by atoms with Crippen LogP contribution in [0.5, 0.6) is 0 Å². The van der Waals surface area contributed by atoms with E-state index in [1.54, 1.807) is 0 Å². The molecule has 88 valence electrons. The summed E-state index contributed by atoms with van der Waals surface area (Å²) < 4.78 is 1.86. The minimum absolute atomic E-state index is 0.234. The first kappa shape index (κ1) is 10.7. The van der Waals surface area contributed by atoms with Crippen LogP contribution in [0.3, 0.4) is 0 Å². The zero-order chi connectivity index (χ0) is 12.0. The van der Waals surface area contributed by atoms with E-state index in [0.717, 1.165) is 18.5 Å². The molecule has 17 heavy (non-hydrogen) atoms. The van der Waals surface area contributed by atoms with Crippen molar-refractivity contribution in [1.29, 1.82) is 0 Å². The Morgan fingerprint density at radius 3 is 2.88 bits per heavy atom. The third-order valence-corrected chi connectivity index (χ3v) is 3.91. The summed E-state index contributed by atoms with van der Waals surface area (Å²) in [5.74, 6) is 0.575. The molecule has 1 unspecified atom stereocenters. The lowest BCUT2D eigenvalue weighted by Gasteiger charge is -2.13. The monoisotopic (exact) mass is 247 g/mol.